The lowest BCUT2D eigenvalue weighted by molar-refractivity contribution is 0.253. The zero-order chi connectivity index (χ0) is 20.8. The van der Waals surface area contributed by atoms with Gasteiger partial charge in [0.25, 0.3) is 0 Å². The summed E-state index contributed by atoms with van der Waals surface area (Å²) in [4.78, 5) is 14.2. The molecule has 1 fully saturated rings. The lowest BCUT2D eigenvalue weighted by Gasteiger charge is -2.38. The monoisotopic (exact) mass is 407 g/mol. The molecule has 3 N–H and O–H groups in total. The van der Waals surface area contributed by atoms with Crippen LogP contribution in [0.15, 0.2) is 73.2 Å². The molecule has 0 saturated heterocycles. The predicted molar refractivity (Wildman–Crippen MR) is 119 cm³/mol. The second kappa shape index (κ2) is 6.85. The van der Waals surface area contributed by atoms with E-state index in [-0.39, 0.29) is 5.54 Å². The van der Waals surface area contributed by atoms with E-state index < -0.39 is 0 Å². The van der Waals surface area contributed by atoms with Gasteiger partial charge in [-0.2, -0.15) is 5.10 Å². The molecule has 152 valence electrons. The Labute approximate surface area is 179 Å². The summed E-state index contributed by atoms with van der Waals surface area (Å²) in [6, 6.07) is 18.6. The number of nitrogens with zero attached hydrogens (tertiary/aromatic N) is 5. The summed E-state index contributed by atoms with van der Waals surface area (Å²) in [5.41, 5.74) is 11.9. The smallest absolute Gasteiger partial charge is 0.169 e. The van der Waals surface area contributed by atoms with E-state index in [0.717, 1.165) is 46.6 Å². The van der Waals surface area contributed by atoms with Gasteiger partial charge in [0.05, 0.1) is 18.0 Å². The van der Waals surface area contributed by atoms with Crippen molar-refractivity contribution < 1.29 is 0 Å². The molecule has 1 aliphatic rings. The van der Waals surface area contributed by atoms with Gasteiger partial charge in [0.2, 0.25) is 0 Å². The van der Waals surface area contributed by atoms with Crippen LogP contribution in [0.4, 0.5) is 0 Å². The van der Waals surface area contributed by atoms with Crippen molar-refractivity contribution in [1.82, 2.24) is 29.7 Å². The Kier molecular flexibility index (Phi) is 3.97. The fourth-order valence-corrected chi connectivity index (χ4v) is 4.20. The highest BCUT2D eigenvalue weighted by Gasteiger charge is 2.34. The second-order valence-corrected chi connectivity index (χ2v) is 8.08. The van der Waals surface area contributed by atoms with E-state index in [0.29, 0.717) is 5.82 Å². The molecule has 2 aromatic carbocycles. The van der Waals surface area contributed by atoms with Crippen LogP contribution in [-0.2, 0) is 5.54 Å². The molecular formula is C24H21N7. The Morgan fingerprint density at radius 1 is 0.903 bits per heavy atom. The van der Waals surface area contributed by atoms with Crippen LogP contribution in [-0.4, -0.2) is 29.7 Å². The van der Waals surface area contributed by atoms with Gasteiger partial charge in [0, 0.05) is 23.0 Å². The number of hydrogen-bond donors (Lipinski definition) is 2. The minimum absolute atomic E-state index is 0.186. The fraction of sp³-hybridized carbons (Fsp3) is 0.167. The van der Waals surface area contributed by atoms with Crippen molar-refractivity contribution in [3.05, 3.63) is 78.8 Å². The van der Waals surface area contributed by atoms with Gasteiger partial charge >= 0.3 is 0 Å². The highest BCUT2D eigenvalue weighted by atomic mass is 15.2. The average molecular weight is 407 g/mol. The van der Waals surface area contributed by atoms with Crippen molar-refractivity contribution in [3.8, 4) is 28.5 Å². The summed E-state index contributed by atoms with van der Waals surface area (Å²) in [5, 5.41) is 6.84. The molecule has 3 heterocycles. The maximum absolute atomic E-state index is 6.53. The van der Waals surface area contributed by atoms with Gasteiger partial charge in [-0.25, -0.2) is 15.0 Å². The number of benzene rings is 2. The SMILES string of the molecule is NC1(c2ccc(-n3c(-c4ccccc4)nc4cnc(-c5cn[nH]c5)nc43)cc2)CCC1. The van der Waals surface area contributed by atoms with Crippen LogP contribution in [0, 0.1) is 0 Å². The summed E-state index contributed by atoms with van der Waals surface area (Å²) < 4.78 is 2.09. The number of fused-ring (bicyclic) bond motifs is 1. The lowest BCUT2D eigenvalue weighted by Crippen LogP contribution is -2.43. The van der Waals surface area contributed by atoms with Gasteiger partial charge in [-0.05, 0) is 37.0 Å². The predicted octanol–water partition coefficient (Wildman–Crippen LogP) is 4.21. The van der Waals surface area contributed by atoms with Crippen molar-refractivity contribution >= 4 is 11.2 Å². The quantitative estimate of drug-likeness (QED) is 0.465. The molecule has 31 heavy (non-hydrogen) atoms. The maximum atomic E-state index is 6.53. The highest BCUT2D eigenvalue weighted by molar-refractivity contribution is 5.81. The van der Waals surface area contributed by atoms with Crippen molar-refractivity contribution in [1.29, 1.82) is 0 Å². The summed E-state index contributed by atoms with van der Waals surface area (Å²) in [5.74, 6) is 1.43. The third-order valence-corrected chi connectivity index (χ3v) is 6.13. The van der Waals surface area contributed by atoms with Crippen LogP contribution >= 0.6 is 0 Å². The fourth-order valence-electron chi connectivity index (χ4n) is 4.20. The van der Waals surface area contributed by atoms with E-state index in [2.05, 4.69) is 56.1 Å². The second-order valence-electron chi connectivity index (χ2n) is 8.08. The molecule has 0 amide bonds. The van der Waals surface area contributed by atoms with Gasteiger partial charge in [0.1, 0.15) is 11.3 Å². The first kappa shape index (κ1) is 18.0. The maximum Gasteiger partial charge on any atom is 0.169 e. The highest BCUT2D eigenvalue weighted by Crippen LogP contribution is 2.39. The molecule has 0 spiro atoms. The molecule has 1 saturated carbocycles. The molecule has 7 heteroatoms. The number of hydrogen-bond acceptors (Lipinski definition) is 5. The molecule has 6 rings (SSSR count). The van der Waals surface area contributed by atoms with Crippen LogP contribution < -0.4 is 5.73 Å². The third-order valence-electron chi connectivity index (χ3n) is 6.13. The van der Waals surface area contributed by atoms with Gasteiger partial charge < -0.3 is 5.73 Å². The van der Waals surface area contributed by atoms with Gasteiger partial charge in [0.15, 0.2) is 11.5 Å². The zero-order valence-electron chi connectivity index (χ0n) is 16.9. The molecule has 5 aromatic rings. The van der Waals surface area contributed by atoms with E-state index >= 15 is 0 Å². The first-order chi connectivity index (χ1) is 15.2. The number of nitrogens with one attached hydrogen (secondary N) is 1. The topological polar surface area (TPSA) is 98.3 Å². The first-order valence-electron chi connectivity index (χ1n) is 10.4. The van der Waals surface area contributed by atoms with Crippen molar-refractivity contribution in [2.75, 3.05) is 0 Å². The Hall–Kier alpha value is -3.84. The number of aromatic nitrogens is 6. The van der Waals surface area contributed by atoms with Crippen LogP contribution in [0.3, 0.4) is 0 Å². The van der Waals surface area contributed by atoms with E-state index in [1.54, 1.807) is 18.6 Å². The van der Waals surface area contributed by atoms with Crippen molar-refractivity contribution in [3.63, 3.8) is 0 Å². The lowest BCUT2D eigenvalue weighted by atomic mass is 9.73. The van der Waals surface area contributed by atoms with Gasteiger partial charge in [-0.15, -0.1) is 0 Å². The van der Waals surface area contributed by atoms with Gasteiger partial charge in [-0.1, -0.05) is 42.5 Å². The number of H-pyrrole nitrogens is 1. The summed E-state index contributed by atoms with van der Waals surface area (Å²) >= 11 is 0. The van der Waals surface area contributed by atoms with Crippen LogP contribution in [0.1, 0.15) is 24.8 Å². The average Bonchev–Trinajstić information content (AvgIpc) is 3.46. The number of nitrogens with two attached hydrogens (primary N) is 1. The molecule has 7 nitrogen and oxygen atoms in total. The Morgan fingerprint density at radius 2 is 1.71 bits per heavy atom. The van der Waals surface area contributed by atoms with Crippen LogP contribution in [0.5, 0.6) is 0 Å². The Morgan fingerprint density at radius 3 is 2.39 bits per heavy atom. The molecule has 3 aromatic heterocycles. The van der Waals surface area contributed by atoms with E-state index in [1.807, 2.05) is 18.2 Å². The number of imidazole rings is 1. The summed E-state index contributed by atoms with van der Waals surface area (Å²) in [7, 11) is 0. The standard InChI is InChI=1S/C24H21N7/c25-24(11-4-12-24)18-7-9-19(10-8-18)31-22(16-5-2-1-3-6-16)29-20-15-26-21(30-23(20)31)17-13-27-28-14-17/h1-3,5-10,13-15H,4,11-12,25H2,(H,27,28). The number of rotatable bonds is 4. The Bertz CT molecular complexity index is 1350. The van der Waals surface area contributed by atoms with E-state index in [1.165, 1.54) is 12.0 Å². The van der Waals surface area contributed by atoms with Crippen LogP contribution in [0.2, 0.25) is 0 Å². The molecule has 0 radical (unpaired) electrons. The zero-order valence-corrected chi connectivity index (χ0v) is 16.9. The van der Waals surface area contributed by atoms with E-state index in [4.69, 9.17) is 15.7 Å². The van der Waals surface area contributed by atoms with Crippen molar-refractivity contribution in [2.45, 2.75) is 24.8 Å². The molecular weight excluding hydrogens is 386 g/mol. The minimum Gasteiger partial charge on any atom is -0.321 e. The Balaban J connectivity index is 1.55. The molecule has 0 unspecified atom stereocenters. The summed E-state index contributed by atoms with van der Waals surface area (Å²) in [6.45, 7) is 0. The third kappa shape index (κ3) is 2.93. The molecule has 0 aliphatic heterocycles. The first-order valence-corrected chi connectivity index (χ1v) is 10.4. The minimum atomic E-state index is -0.186. The largest absolute Gasteiger partial charge is 0.321 e. The number of aromatic amines is 1. The van der Waals surface area contributed by atoms with E-state index in [9.17, 15) is 0 Å². The van der Waals surface area contributed by atoms with Crippen molar-refractivity contribution in [2.24, 2.45) is 5.73 Å². The molecule has 0 bridgehead atoms. The van der Waals surface area contributed by atoms with Gasteiger partial charge in [-0.3, -0.25) is 9.67 Å². The normalized spacial score (nSPS) is 15.1. The molecule has 0 atom stereocenters. The summed E-state index contributed by atoms with van der Waals surface area (Å²) in [6.07, 6.45) is 8.54. The molecule has 1 aliphatic carbocycles. The van der Waals surface area contributed by atoms with Crippen LogP contribution in [0.25, 0.3) is 39.6 Å².